The van der Waals surface area contributed by atoms with Crippen LogP contribution >= 0.6 is 0 Å². The normalized spacial score (nSPS) is 39.6. The van der Waals surface area contributed by atoms with Crippen LogP contribution in [0.15, 0.2) is 0 Å². The van der Waals surface area contributed by atoms with Crippen molar-refractivity contribution in [3.63, 3.8) is 0 Å². The zero-order valence-electron chi connectivity index (χ0n) is 7.55. The van der Waals surface area contributed by atoms with E-state index in [0.29, 0.717) is 6.04 Å². The molecule has 3 N–H and O–H groups in total. The number of nitrogens with two attached hydrogens (primary N) is 1. The summed E-state index contributed by atoms with van der Waals surface area (Å²) in [6.07, 6.45) is 5.05. The van der Waals surface area contributed by atoms with Crippen LogP contribution in [0.25, 0.3) is 0 Å². The fourth-order valence-corrected chi connectivity index (χ4v) is 2.63. The molecule has 2 saturated heterocycles. The zero-order valence-corrected chi connectivity index (χ0v) is 7.55. The average molecular weight is 169 g/mol. The monoisotopic (exact) mass is 169 g/mol. The first-order chi connectivity index (χ1) is 5.74. The van der Waals surface area contributed by atoms with Crippen molar-refractivity contribution in [1.29, 1.82) is 0 Å². The molecule has 12 heavy (non-hydrogen) atoms. The van der Waals surface area contributed by atoms with Gasteiger partial charge in [0.2, 0.25) is 5.91 Å². The van der Waals surface area contributed by atoms with Crippen molar-refractivity contribution >= 4 is 5.91 Å². The molecule has 0 aromatic heterocycles. The molecule has 0 aromatic rings. The SMILES string of the molecule is CC(=O)NC1C[C@H]2CC[C@@H](C1)[NH2+]2. The van der Waals surface area contributed by atoms with Crippen molar-refractivity contribution in [2.45, 2.75) is 50.7 Å². The Labute approximate surface area is 72.9 Å². The molecule has 0 spiro atoms. The first kappa shape index (κ1) is 8.05. The van der Waals surface area contributed by atoms with Gasteiger partial charge in [-0.2, -0.15) is 0 Å². The minimum Gasteiger partial charge on any atom is -0.353 e. The van der Waals surface area contributed by atoms with Crippen LogP contribution in [0.1, 0.15) is 32.6 Å². The molecule has 2 aliphatic heterocycles. The lowest BCUT2D eigenvalue weighted by Crippen LogP contribution is -2.94. The lowest BCUT2D eigenvalue weighted by molar-refractivity contribution is -0.710. The summed E-state index contributed by atoms with van der Waals surface area (Å²) >= 11 is 0. The van der Waals surface area contributed by atoms with Crippen LogP contribution in [0.5, 0.6) is 0 Å². The molecule has 3 atom stereocenters. The fraction of sp³-hybridized carbons (Fsp3) is 0.889. The molecule has 1 unspecified atom stereocenters. The van der Waals surface area contributed by atoms with Crippen LogP contribution in [0.3, 0.4) is 0 Å². The average Bonchev–Trinajstić information content (AvgIpc) is 2.29. The highest BCUT2D eigenvalue weighted by molar-refractivity contribution is 5.73. The second-order valence-corrected chi connectivity index (χ2v) is 4.16. The van der Waals surface area contributed by atoms with Gasteiger partial charge >= 0.3 is 0 Å². The Morgan fingerprint density at radius 2 is 1.92 bits per heavy atom. The molecule has 3 nitrogen and oxygen atoms in total. The highest BCUT2D eigenvalue weighted by Crippen LogP contribution is 2.20. The molecular weight excluding hydrogens is 152 g/mol. The van der Waals surface area contributed by atoms with E-state index in [1.807, 2.05) is 0 Å². The number of rotatable bonds is 1. The van der Waals surface area contributed by atoms with E-state index in [-0.39, 0.29) is 5.91 Å². The van der Waals surface area contributed by atoms with E-state index >= 15 is 0 Å². The Hall–Kier alpha value is -0.570. The number of nitrogens with one attached hydrogen (secondary N) is 1. The smallest absolute Gasteiger partial charge is 0.217 e. The molecule has 3 heteroatoms. The van der Waals surface area contributed by atoms with E-state index in [0.717, 1.165) is 12.1 Å². The summed E-state index contributed by atoms with van der Waals surface area (Å²) in [4.78, 5) is 10.8. The molecule has 1 amide bonds. The van der Waals surface area contributed by atoms with Gasteiger partial charge in [0.1, 0.15) is 0 Å². The quantitative estimate of drug-likeness (QED) is 0.540. The van der Waals surface area contributed by atoms with E-state index in [9.17, 15) is 4.79 Å². The zero-order chi connectivity index (χ0) is 8.55. The Balaban J connectivity index is 1.89. The van der Waals surface area contributed by atoms with Crippen LogP contribution in [-0.2, 0) is 4.79 Å². The maximum Gasteiger partial charge on any atom is 0.217 e. The lowest BCUT2D eigenvalue weighted by Gasteiger charge is -2.26. The number of fused-ring (bicyclic) bond motifs is 2. The maximum atomic E-state index is 10.8. The van der Waals surface area contributed by atoms with Gasteiger partial charge in [0.05, 0.1) is 12.1 Å². The Morgan fingerprint density at radius 1 is 1.33 bits per heavy atom. The molecule has 0 saturated carbocycles. The largest absolute Gasteiger partial charge is 0.353 e. The third kappa shape index (κ3) is 1.61. The number of carbonyl (C=O) groups is 1. The standard InChI is InChI=1S/C9H16N2O/c1-6(12)10-9-4-7-2-3-8(5-9)11-7/h7-9,11H,2-5H2,1H3,(H,10,12)/p+1/t7-,8+,9?. The molecule has 2 rings (SSSR count). The molecule has 0 radical (unpaired) electrons. The highest BCUT2D eigenvalue weighted by Gasteiger charge is 2.37. The van der Waals surface area contributed by atoms with Crippen LogP contribution in [0.2, 0.25) is 0 Å². The summed E-state index contributed by atoms with van der Waals surface area (Å²) in [6, 6.07) is 2.05. The summed E-state index contributed by atoms with van der Waals surface area (Å²) in [5, 5.41) is 5.51. The first-order valence-electron chi connectivity index (χ1n) is 4.86. The van der Waals surface area contributed by atoms with Gasteiger partial charge in [-0.1, -0.05) is 0 Å². The summed E-state index contributed by atoms with van der Waals surface area (Å²) in [5.41, 5.74) is 0. The van der Waals surface area contributed by atoms with Crippen LogP contribution in [-0.4, -0.2) is 24.0 Å². The van der Waals surface area contributed by atoms with Gasteiger partial charge in [-0.3, -0.25) is 4.79 Å². The van der Waals surface area contributed by atoms with Gasteiger partial charge in [-0.15, -0.1) is 0 Å². The molecule has 2 aliphatic rings. The van der Waals surface area contributed by atoms with Gasteiger partial charge in [-0.05, 0) is 0 Å². The predicted octanol–water partition coefficient (Wildman–Crippen LogP) is -0.621. The van der Waals surface area contributed by atoms with Crippen molar-refractivity contribution in [3.8, 4) is 0 Å². The van der Waals surface area contributed by atoms with Crippen LogP contribution in [0, 0.1) is 0 Å². The van der Waals surface area contributed by atoms with Crippen molar-refractivity contribution in [2.75, 3.05) is 0 Å². The van der Waals surface area contributed by atoms with Gasteiger partial charge < -0.3 is 10.6 Å². The van der Waals surface area contributed by atoms with E-state index in [1.54, 1.807) is 6.92 Å². The van der Waals surface area contributed by atoms with E-state index in [2.05, 4.69) is 10.6 Å². The van der Waals surface area contributed by atoms with Crippen LogP contribution < -0.4 is 10.6 Å². The predicted molar refractivity (Wildman–Crippen MR) is 45.6 cm³/mol. The highest BCUT2D eigenvalue weighted by atomic mass is 16.1. The van der Waals surface area contributed by atoms with Crippen molar-refractivity contribution in [3.05, 3.63) is 0 Å². The Kier molecular flexibility index (Phi) is 2.05. The second-order valence-electron chi connectivity index (χ2n) is 4.16. The summed E-state index contributed by atoms with van der Waals surface area (Å²) in [7, 11) is 0. The van der Waals surface area contributed by atoms with E-state index in [4.69, 9.17) is 0 Å². The Bertz CT molecular complexity index is 181. The topological polar surface area (TPSA) is 45.7 Å². The van der Waals surface area contributed by atoms with Gasteiger partial charge in [0.15, 0.2) is 0 Å². The van der Waals surface area contributed by atoms with E-state index < -0.39 is 0 Å². The molecule has 0 aromatic carbocycles. The molecule has 68 valence electrons. The number of hydrogen-bond donors (Lipinski definition) is 2. The van der Waals surface area contributed by atoms with Crippen molar-refractivity contribution < 1.29 is 10.1 Å². The number of hydrogen-bond acceptors (Lipinski definition) is 1. The van der Waals surface area contributed by atoms with Gasteiger partial charge in [-0.25, -0.2) is 0 Å². The molecule has 2 heterocycles. The van der Waals surface area contributed by atoms with Gasteiger partial charge in [0.25, 0.3) is 0 Å². The van der Waals surface area contributed by atoms with Crippen molar-refractivity contribution in [2.24, 2.45) is 0 Å². The van der Waals surface area contributed by atoms with Gasteiger partial charge in [0, 0.05) is 38.6 Å². The first-order valence-corrected chi connectivity index (χ1v) is 4.86. The van der Waals surface area contributed by atoms with Crippen LogP contribution in [0.4, 0.5) is 0 Å². The summed E-state index contributed by atoms with van der Waals surface area (Å²) in [6.45, 7) is 1.61. The summed E-state index contributed by atoms with van der Waals surface area (Å²) < 4.78 is 0. The summed E-state index contributed by atoms with van der Waals surface area (Å²) in [5.74, 6) is 0.126. The molecule has 0 aliphatic carbocycles. The second kappa shape index (κ2) is 3.05. The number of piperidine rings is 1. The number of carbonyl (C=O) groups excluding carboxylic acids is 1. The molecular formula is C9H17N2O+. The van der Waals surface area contributed by atoms with E-state index in [1.165, 1.54) is 25.7 Å². The molecule has 2 fully saturated rings. The third-order valence-corrected chi connectivity index (χ3v) is 3.03. The lowest BCUT2D eigenvalue weighted by atomic mass is 10.00. The third-order valence-electron chi connectivity index (χ3n) is 3.03. The minimum absolute atomic E-state index is 0.126. The number of amides is 1. The molecule has 2 bridgehead atoms. The number of quaternary nitrogens is 1. The van der Waals surface area contributed by atoms with Crippen molar-refractivity contribution in [1.82, 2.24) is 5.32 Å². The fourth-order valence-electron chi connectivity index (χ4n) is 2.63. The maximum absolute atomic E-state index is 10.8. The minimum atomic E-state index is 0.126. The Morgan fingerprint density at radius 3 is 2.42 bits per heavy atom.